The van der Waals surface area contributed by atoms with Crippen molar-refractivity contribution in [3.8, 4) is 0 Å². The predicted molar refractivity (Wildman–Crippen MR) is 84.3 cm³/mol. The Balaban J connectivity index is 2.18. The van der Waals surface area contributed by atoms with Crippen molar-refractivity contribution in [2.45, 2.75) is 47.2 Å². The first-order valence-corrected chi connectivity index (χ1v) is 7.33. The first kappa shape index (κ1) is 15.3. The summed E-state index contributed by atoms with van der Waals surface area (Å²) in [5, 5.41) is 3.04. The maximum atomic E-state index is 12.4. The zero-order valence-corrected chi connectivity index (χ0v) is 13.5. The molecule has 112 valence electrons. The summed E-state index contributed by atoms with van der Waals surface area (Å²) in [6.07, 6.45) is 2.02. The molecular weight excluding hydrogens is 262 g/mol. The molecule has 1 aromatic heterocycles. The minimum Gasteiger partial charge on any atom is -0.324 e. The van der Waals surface area contributed by atoms with E-state index in [-0.39, 0.29) is 5.91 Å². The summed E-state index contributed by atoms with van der Waals surface area (Å²) in [7, 11) is 0. The van der Waals surface area contributed by atoms with Gasteiger partial charge in [0, 0.05) is 11.8 Å². The van der Waals surface area contributed by atoms with E-state index < -0.39 is 0 Å². The van der Waals surface area contributed by atoms with E-state index in [1.807, 2.05) is 55.9 Å². The number of aromatic nitrogens is 2. The van der Waals surface area contributed by atoms with Crippen molar-refractivity contribution in [3.05, 3.63) is 47.3 Å². The van der Waals surface area contributed by atoms with E-state index in [0.717, 1.165) is 22.5 Å². The Hall–Kier alpha value is -2.10. The molecule has 2 aromatic rings. The SMILES string of the molecule is Cc1cccc(C)c1NC(=O)Cn1c(C)cc[n+]1C(C)C. The lowest BCUT2D eigenvalue weighted by Gasteiger charge is -2.12. The molecule has 0 aliphatic carbocycles. The maximum Gasteiger partial charge on any atom is 0.250 e. The van der Waals surface area contributed by atoms with E-state index in [1.165, 1.54) is 0 Å². The van der Waals surface area contributed by atoms with Crippen molar-refractivity contribution >= 4 is 11.6 Å². The third-order valence-electron chi connectivity index (χ3n) is 3.72. The molecule has 0 unspecified atom stereocenters. The van der Waals surface area contributed by atoms with Gasteiger partial charge < -0.3 is 5.32 Å². The number of carbonyl (C=O) groups excluding carboxylic acids is 1. The fourth-order valence-electron chi connectivity index (χ4n) is 2.52. The predicted octanol–water partition coefficient (Wildman–Crippen LogP) is 2.92. The van der Waals surface area contributed by atoms with Crippen molar-refractivity contribution in [1.29, 1.82) is 0 Å². The van der Waals surface area contributed by atoms with E-state index in [4.69, 9.17) is 0 Å². The number of amides is 1. The van der Waals surface area contributed by atoms with Gasteiger partial charge in [-0.05, 0) is 45.7 Å². The van der Waals surface area contributed by atoms with Gasteiger partial charge in [-0.3, -0.25) is 4.79 Å². The highest BCUT2D eigenvalue weighted by atomic mass is 16.2. The Bertz CT molecular complexity index is 636. The van der Waals surface area contributed by atoms with Crippen LogP contribution in [0.1, 0.15) is 36.7 Å². The normalized spacial score (nSPS) is 11.0. The summed E-state index contributed by atoms with van der Waals surface area (Å²) in [5.74, 6) is 0.00102. The molecule has 0 spiro atoms. The first-order chi connectivity index (χ1) is 9.90. The third-order valence-corrected chi connectivity index (χ3v) is 3.72. The van der Waals surface area contributed by atoms with Gasteiger partial charge in [0.25, 0.3) is 0 Å². The van der Waals surface area contributed by atoms with Gasteiger partial charge in [0.15, 0.2) is 18.8 Å². The summed E-state index contributed by atoms with van der Waals surface area (Å²) >= 11 is 0. The number of hydrogen-bond acceptors (Lipinski definition) is 1. The molecule has 0 aliphatic heterocycles. The summed E-state index contributed by atoms with van der Waals surface area (Å²) in [4.78, 5) is 12.4. The summed E-state index contributed by atoms with van der Waals surface area (Å²) < 4.78 is 4.09. The number of nitrogens with one attached hydrogen (secondary N) is 1. The number of nitrogens with zero attached hydrogens (tertiary/aromatic N) is 2. The number of hydrogen-bond donors (Lipinski definition) is 1. The molecule has 0 radical (unpaired) electrons. The van der Waals surface area contributed by atoms with Crippen molar-refractivity contribution in [3.63, 3.8) is 0 Å². The second kappa shape index (κ2) is 6.12. The first-order valence-electron chi connectivity index (χ1n) is 7.33. The van der Waals surface area contributed by atoms with Crippen LogP contribution in [0.5, 0.6) is 0 Å². The van der Waals surface area contributed by atoms with Crippen LogP contribution in [0.25, 0.3) is 0 Å². The molecule has 0 saturated carbocycles. The minimum atomic E-state index is 0.00102. The summed E-state index contributed by atoms with van der Waals surface area (Å²) in [6.45, 7) is 10.6. The second-order valence-electron chi connectivity index (χ2n) is 5.80. The zero-order valence-electron chi connectivity index (χ0n) is 13.5. The quantitative estimate of drug-likeness (QED) is 0.862. The lowest BCUT2D eigenvalue weighted by atomic mass is 10.1. The summed E-state index contributed by atoms with van der Waals surface area (Å²) in [5.41, 5.74) is 4.18. The van der Waals surface area contributed by atoms with Gasteiger partial charge in [-0.1, -0.05) is 18.2 Å². The van der Waals surface area contributed by atoms with Crippen LogP contribution in [-0.2, 0) is 11.3 Å². The van der Waals surface area contributed by atoms with Crippen LogP contribution in [0, 0.1) is 20.8 Å². The summed E-state index contributed by atoms with van der Waals surface area (Å²) in [6, 6.07) is 8.39. The van der Waals surface area contributed by atoms with Crippen LogP contribution in [0.3, 0.4) is 0 Å². The fraction of sp³-hybridized carbons (Fsp3) is 0.412. The number of aryl methyl sites for hydroxylation is 3. The van der Waals surface area contributed by atoms with Crippen LogP contribution in [-0.4, -0.2) is 10.6 Å². The van der Waals surface area contributed by atoms with Crippen molar-refractivity contribution < 1.29 is 9.48 Å². The Labute approximate surface area is 126 Å². The number of para-hydroxylation sites is 1. The average Bonchev–Trinajstić information content (AvgIpc) is 2.76. The molecule has 4 nitrogen and oxygen atoms in total. The molecule has 0 saturated heterocycles. The largest absolute Gasteiger partial charge is 0.324 e. The van der Waals surface area contributed by atoms with Crippen LogP contribution in [0.2, 0.25) is 0 Å². The van der Waals surface area contributed by atoms with E-state index in [0.29, 0.717) is 12.6 Å². The molecule has 21 heavy (non-hydrogen) atoms. The van der Waals surface area contributed by atoms with Crippen LogP contribution in [0.4, 0.5) is 5.69 Å². The Morgan fingerprint density at radius 2 is 1.81 bits per heavy atom. The van der Waals surface area contributed by atoms with E-state index >= 15 is 0 Å². The van der Waals surface area contributed by atoms with Crippen molar-refractivity contribution in [2.24, 2.45) is 0 Å². The highest BCUT2D eigenvalue weighted by Crippen LogP contribution is 2.19. The van der Waals surface area contributed by atoms with E-state index in [1.54, 1.807) is 0 Å². The van der Waals surface area contributed by atoms with E-state index in [9.17, 15) is 4.79 Å². The van der Waals surface area contributed by atoms with Gasteiger partial charge in [0.1, 0.15) is 0 Å². The number of rotatable bonds is 4. The Morgan fingerprint density at radius 3 is 2.38 bits per heavy atom. The average molecular weight is 286 g/mol. The zero-order chi connectivity index (χ0) is 15.6. The van der Waals surface area contributed by atoms with Gasteiger partial charge in [-0.2, -0.15) is 0 Å². The van der Waals surface area contributed by atoms with Crippen LogP contribution < -0.4 is 10.00 Å². The van der Waals surface area contributed by atoms with E-state index in [2.05, 4.69) is 23.8 Å². The Morgan fingerprint density at radius 1 is 1.19 bits per heavy atom. The molecular formula is C17H24N3O+. The smallest absolute Gasteiger partial charge is 0.250 e. The Kier molecular flexibility index (Phi) is 4.46. The molecule has 0 aliphatic rings. The lowest BCUT2D eigenvalue weighted by Crippen LogP contribution is -2.46. The number of carbonyl (C=O) groups is 1. The van der Waals surface area contributed by atoms with Gasteiger partial charge in [-0.15, -0.1) is 9.36 Å². The molecule has 1 N–H and O–H groups in total. The van der Waals surface area contributed by atoms with Gasteiger partial charge in [0.05, 0.1) is 5.69 Å². The minimum absolute atomic E-state index is 0.00102. The molecule has 1 amide bonds. The highest BCUT2D eigenvalue weighted by molar-refractivity contribution is 5.92. The molecule has 0 bridgehead atoms. The molecule has 0 fully saturated rings. The maximum absolute atomic E-state index is 12.4. The topological polar surface area (TPSA) is 37.9 Å². The molecule has 1 aromatic carbocycles. The number of benzene rings is 1. The molecule has 0 atom stereocenters. The number of anilines is 1. The fourth-order valence-corrected chi connectivity index (χ4v) is 2.52. The lowest BCUT2D eigenvalue weighted by molar-refractivity contribution is -0.791. The highest BCUT2D eigenvalue weighted by Gasteiger charge is 2.18. The molecule has 1 heterocycles. The van der Waals surface area contributed by atoms with Gasteiger partial charge in [-0.25, -0.2) is 0 Å². The van der Waals surface area contributed by atoms with Crippen LogP contribution in [0.15, 0.2) is 30.5 Å². The van der Waals surface area contributed by atoms with Gasteiger partial charge >= 0.3 is 0 Å². The third kappa shape index (κ3) is 3.32. The second-order valence-corrected chi connectivity index (χ2v) is 5.80. The standard InChI is InChI=1S/C17H23N3O/c1-12(2)19-10-9-15(5)20(19)11-16(21)18-17-13(3)7-6-8-14(17)4/h6-10,12H,11H2,1-5H3/p+1. The monoisotopic (exact) mass is 286 g/mol. The molecule has 4 heteroatoms. The van der Waals surface area contributed by atoms with Crippen LogP contribution >= 0.6 is 0 Å². The molecule has 2 rings (SSSR count). The van der Waals surface area contributed by atoms with Crippen molar-refractivity contribution in [2.75, 3.05) is 5.32 Å². The van der Waals surface area contributed by atoms with Crippen molar-refractivity contribution in [1.82, 2.24) is 4.68 Å². The van der Waals surface area contributed by atoms with Gasteiger partial charge in [0.2, 0.25) is 5.91 Å².